The fourth-order valence-corrected chi connectivity index (χ4v) is 3.88. The molecule has 0 aliphatic carbocycles. The standard InChI is InChI=1S/C25H36F2N2O7/c1-6-7-22(31)35-13-19-12-29(24(33)36-25(3,4)5)21(14-34-19)23(32)20(28-15(2)30)10-16-8-17(26)11-18(27)9-16/h8-9,11,19-21,23,32H,6-7,10,12-14H2,1-5H3,(H,28,30)/t19-,20+,21?,23+/m1/s1. The number of aliphatic hydroxyl groups is 1. The lowest BCUT2D eigenvalue weighted by molar-refractivity contribution is -0.155. The molecule has 4 atom stereocenters. The Labute approximate surface area is 210 Å². The minimum Gasteiger partial charge on any atom is -0.463 e. The van der Waals surface area contributed by atoms with E-state index in [0.717, 1.165) is 18.2 Å². The van der Waals surface area contributed by atoms with Gasteiger partial charge in [-0.15, -0.1) is 0 Å². The molecule has 11 heteroatoms. The molecule has 9 nitrogen and oxygen atoms in total. The van der Waals surface area contributed by atoms with E-state index in [2.05, 4.69) is 5.32 Å². The molecule has 1 aliphatic rings. The van der Waals surface area contributed by atoms with Crippen LogP contribution in [0, 0.1) is 11.6 Å². The van der Waals surface area contributed by atoms with Crippen LogP contribution in [0.15, 0.2) is 18.2 Å². The number of aliphatic hydroxyl groups excluding tert-OH is 1. The lowest BCUT2D eigenvalue weighted by Crippen LogP contribution is -2.63. The number of halogens is 2. The Bertz CT molecular complexity index is 902. The lowest BCUT2D eigenvalue weighted by Gasteiger charge is -2.43. The maximum atomic E-state index is 13.7. The summed E-state index contributed by atoms with van der Waals surface area (Å²) in [6.07, 6.45) is -1.98. The maximum absolute atomic E-state index is 13.7. The molecule has 1 aromatic carbocycles. The van der Waals surface area contributed by atoms with Crippen molar-refractivity contribution < 1.29 is 42.5 Å². The predicted octanol–water partition coefficient (Wildman–Crippen LogP) is 2.72. The third kappa shape index (κ3) is 9.34. The number of nitrogens with one attached hydrogen (secondary N) is 1. The number of esters is 1. The minimum absolute atomic E-state index is 0.0442. The van der Waals surface area contributed by atoms with E-state index in [0.29, 0.717) is 6.42 Å². The third-order valence-corrected chi connectivity index (χ3v) is 5.39. The SMILES string of the molecule is CCCC(=O)OC[C@H]1CN(C(=O)OC(C)(C)C)C([C@@H](O)[C@H](Cc2cc(F)cc(F)c2)NC(C)=O)CO1. The van der Waals surface area contributed by atoms with Gasteiger partial charge < -0.3 is 24.6 Å². The van der Waals surface area contributed by atoms with Gasteiger partial charge in [0.15, 0.2) is 0 Å². The summed E-state index contributed by atoms with van der Waals surface area (Å²) in [5.74, 6) is -2.45. The summed E-state index contributed by atoms with van der Waals surface area (Å²) >= 11 is 0. The molecule has 2 amide bonds. The first-order chi connectivity index (χ1) is 16.8. The molecule has 1 aromatic rings. The summed E-state index contributed by atoms with van der Waals surface area (Å²) in [7, 11) is 0. The van der Waals surface area contributed by atoms with Crippen molar-refractivity contribution in [2.45, 2.75) is 83.8 Å². The number of rotatable bonds is 9. The molecule has 1 fully saturated rings. The molecule has 1 unspecified atom stereocenters. The summed E-state index contributed by atoms with van der Waals surface area (Å²) in [6, 6.07) is 0.974. The van der Waals surface area contributed by atoms with Crippen molar-refractivity contribution in [1.29, 1.82) is 0 Å². The highest BCUT2D eigenvalue weighted by atomic mass is 19.1. The second-order valence-corrected chi connectivity index (χ2v) is 9.87. The van der Waals surface area contributed by atoms with Crippen LogP contribution in [0.25, 0.3) is 0 Å². The van der Waals surface area contributed by atoms with E-state index in [1.165, 1.54) is 11.8 Å². The Morgan fingerprint density at radius 3 is 2.42 bits per heavy atom. The first kappa shape index (κ1) is 29.4. The Balaban J connectivity index is 2.26. The number of benzene rings is 1. The molecule has 1 heterocycles. The molecule has 2 rings (SSSR count). The van der Waals surface area contributed by atoms with E-state index in [-0.39, 0.29) is 44.1 Å². The number of ether oxygens (including phenoxy) is 3. The zero-order valence-electron chi connectivity index (χ0n) is 21.4. The van der Waals surface area contributed by atoms with Gasteiger partial charge in [-0.25, -0.2) is 13.6 Å². The summed E-state index contributed by atoms with van der Waals surface area (Å²) < 4.78 is 44.0. The molecule has 202 valence electrons. The molecule has 0 saturated carbocycles. The Kier molecular flexibility index (Phi) is 10.6. The van der Waals surface area contributed by atoms with Gasteiger partial charge in [0, 0.05) is 19.4 Å². The fourth-order valence-electron chi connectivity index (χ4n) is 3.88. The van der Waals surface area contributed by atoms with Crippen LogP contribution in [0.1, 0.15) is 53.0 Å². The van der Waals surface area contributed by atoms with Gasteiger partial charge in [0.1, 0.15) is 29.9 Å². The molecule has 2 N–H and O–H groups in total. The molecular formula is C25H36F2N2O7. The maximum Gasteiger partial charge on any atom is 0.410 e. The van der Waals surface area contributed by atoms with Crippen molar-refractivity contribution in [3.63, 3.8) is 0 Å². The van der Waals surface area contributed by atoms with E-state index in [4.69, 9.17) is 14.2 Å². The van der Waals surface area contributed by atoms with Crippen molar-refractivity contribution in [1.82, 2.24) is 10.2 Å². The van der Waals surface area contributed by atoms with Gasteiger partial charge >= 0.3 is 12.1 Å². The highest BCUT2D eigenvalue weighted by Crippen LogP contribution is 2.23. The highest BCUT2D eigenvalue weighted by molar-refractivity contribution is 5.73. The smallest absolute Gasteiger partial charge is 0.410 e. The van der Waals surface area contributed by atoms with E-state index in [1.807, 2.05) is 6.92 Å². The molecule has 1 saturated heterocycles. The number of carbonyl (C=O) groups is 3. The normalized spacial score (nSPS) is 19.8. The van der Waals surface area contributed by atoms with Crippen LogP contribution in [-0.4, -0.2) is 77.6 Å². The monoisotopic (exact) mass is 514 g/mol. The lowest BCUT2D eigenvalue weighted by atomic mass is 9.94. The number of morpholine rings is 1. The van der Waals surface area contributed by atoms with Crippen molar-refractivity contribution in [2.24, 2.45) is 0 Å². The van der Waals surface area contributed by atoms with Crippen molar-refractivity contribution in [3.05, 3.63) is 35.4 Å². The van der Waals surface area contributed by atoms with Crippen LogP contribution in [0.4, 0.5) is 13.6 Å². The van der Waals surface area contributed by atoms with Gasteiger partial charge in [-0.1, -0.05) is 6.92 Å². The molecule has 0 bridgehead atoms. The Morgan fingerprint density at radius 1 is 1.22 bits per heavy atom. The summed E-state index contributed by atoms with van der Waals surface area (Å²) in [6.45, 7) is 7.89. The quantitative estimate of drug-likeness (QED) is 0.487. The first-order valence-electron chi connectivity index (χ1n) is 12.0. The number of hydrogen-bond donors (Lipinski definition) is 2. The number of hydrogen-bond acceptors (Lipinski definition) is 7. The van der Waals surface area contributed by atoms with Crippen molar-refractivity contribution in [3.8, 4) is 0 Å². The average molecular weight is 515 g/mol. The van der Waals surface area contributed by atoms with Crippen molar-refractivity contribution in [2.75, 3.05) is 19.8 Å². The second-order valence-electron chi connectivity index (χ2n) is 9.87. The van der Waals surface area contributed by atoms with Crippen molar-refractivity contribution >= 4 is 18.0 Å². The fraction of sp³-hybridized carbons (Fsp3) is 0.640. The predicted molar refractivity (Wildman–Crippen MR) is 126 cm³/mol. The Hall–Kier alpha value is -2.79. The summed E-state index contributed by atoms with van der Waals surface area (Å²) in [4.78, 5) is 38.0. The van der Waals surface area contributed by atoms with Crippen LogP contribution in [0.3, 0.4) is 0 Å². The van der Waals surface area contributed by atoms with Gasteiger partial charge in [-0.3, -0.25) is 14.5 Å². The number of amides is 2. The summed E-state index contributed by atoms with van der Waals surface area (Å²) in [5, 5.41) is 13.9. The average Bonchev–Trinajstić information content (AvgIpc) is 2.74. The van der Waals surface area contributed by atoms with Gasteiger partial charge in [0.05, 0.1) is 31.3 Å². The van der Waals surface area contributed by atoms with Gasteiger partial charge in [-0.2, -0.15) is 0 Å². The van der Waals surface area contributed by atoms with Crippen LogP contribution in [0.5, 0.6) is 0 Å². The molecular weight excluding hydrogens is 478 g/mol. The van der Waals surface area contributed by atoms with E-state index < -0.39 is 53.5 Å². The van der Waals surface area contributed by atoms with Crippen LogP contribution in [-0.2, 0) is 30.2 Å². The first-order valence-corrected chi connectivity index (χ1v) is 12.0. The largest absolute Gasteiger partial charge is 0.463 e. The van der Waals surface area contributed by atoms with E-state index in [1.54, 1.807) is 20.8 Å². The molecule has 0 spiro atoms. The molecule has 1 aliphatic heterocycles. The summed E-state index contributed by atoms with van der Waals surface area (Å²) in [5.41, 5.74) is -0.615. The zero-order chi connectivity index (χ0) is 27.0. The molecule has 0 aromatic heterocycles. The molecule has 0 radical (unpaired) electrons. The number of nitrogens with zero attached hydrogens (tertiary/aromatic N) is 1. The molecule has 36 heavy (non-hydrogen) atoms. The third-order valence-electron chi connectivity index (χ3n) is 5.39. The highest BCUT2D eigenvalue weighted by Gasteiger charge is 2.42. The zero-order valence-corrected chi connectivity index (χ0v) is 21.4. The number of carbonyl (C=O) groups excluding carboxylic acids is 3. The second kappa shape index (κ2) is 13.0. The van der Waals surface area contributed by atoms with Gasteiger partial charge in [-0.05, 0) is 51.3 Å². The van der Waals surface area contributed by atoms with E-state index >= 15 is 0 Å². The Morgan fingerprint density at radius 2 is 1.86 bits per heavy atom. The van der Waals surface area contributed by atoms with Gasteiger partial charge in [0.2, 0.25) is 5.91 Å². The van der Waals surface area contributed by atoms with E-state index in [9.17, 15) is 28.3 Å². The van der Waals surface area contributed by atoms with Crippen LogP contribution in [0.2, 0.25) is 0 Å². The van der Waals surface area contributed by atoms with Gasteiger partial charge in [0.25, 0.3) is 0 Å². The van der Waals surface area contributed by atoms with Crippen LogP contribution >= 0.6 is 0 Å². The van der Waals surface area contributed by atoms with Crippen LogP contribution < -0.4 is 5.32 Å². The topological polar surface area (TPSA) is 114 Å². The minimum atomic E-state index is -1.38.